The fourth-order valence-corrected chi connectivity index (χ4v) is 1.25. The van der Waals surface area contributed by atoms with E-state index in [1.807, 2.05) is 14.1 Å². The van der Waals surface area contributed by atoms with Gasteiger partial charge in [-0.05, 0) is 0 Å². The summed E-state index contributed by atoms with van der Waals surface area (Å²) in [5.41, 5.74) is 0.920. The zero-order valence-electron chi connectivity index (χ0n) is 7.12. The Kier molecular flexibility index (Phi) is 2.84. The second-order valence-corrected chi connectivity index (χ2v) is 2.97. The van der Waals surface area contributed by atoms with E-state index >= 15 is 0 Å². The van der Waals surface area contributed by atoms with Gasteiger partial charge in [0.05, 0.1) is 5.71 Å². The molecule has 1 N–H and O–H groups in total. The highest BCUT2D eigenvalue weighted by Gasteiger charge is 2.15. The van der Waals surface area contributed by atoms with E-state index in [0.29, 0.717) is 0 Å². The predicted molar refractivity (Wildman–Crippen MR) is 43.7 cm³/mol. The van der Waals surface area contributed by atoms with Gasteiger partial charge in [0.15, 0.2) is 0 Å². The van der Waals surface area contributed by atoms with Crippen molar-refractivity contribution in [3.63, 3.8) is 0 Å². The largest absolute Gasteiger partial charge is 0.411 e. The Labute approximate surface area is 67.1 Å². The third-order valence-corrected chi connectivity index (χ3v) is 2.02. The van der Waals surface area contributed by atoms with Crippen LogP contribution in [0.4, 0.5) is 0 Å². The van der Waals surface area contributed by atoms with Crippen molar-refractivity contribution in [3.05, 3.63) is 0 Å². The van der Waals surface area contributed by atoms with Gasteiger partial charge in [0.1, 0.15) is 0 Å². The van der Waals surface area contributed by atoms with E-state index in [2.05, 4.69) is 15.2 Å². The SMILES string of the molecule is CN(C)N1CCC(=NO)CC1. The van der Waals surface area contributed by atoms with Crippen LogP contribution in [0.3, 0.4) is 0 Å². The third kappa shape index (κ3) is 2.17. The van der Waals surface area contributed by atoms with Gasteiger partial charge >= 0.3 is 0 Å². The highest BCUT2D eigenvalue weighted by Crippen LogP contribution is 2.07. The molecule has 0 bridgehead atoms. The molecule has 0 aromatic heterocycles. The standard InChI is InChI=1S/C7H15N3O/c1-9(2)10-5-3-7(8-11)4-6-10/h11H,3-6H2,1-2H3. The second kappa shape index (κ2) is 3.69. The Morgan fingerprint density at radius 1 is 1.36 bits per heavy atom. The van der Waals surface area contributed by atoms with Gasteiger partial charge in [0.25, 0.3) is 0 Å². The molecule has 0 spiro atoms. The molecule has 0 aromatic rings. The molecular formula is C7H15N3O. The molecule has 1 fully saturated rings. The van der Waals surface area contributed by atoms with Crippen LogP contribution in [0, 0.1) is 0 Å². The fourth-order valence-electron chi connectivity index (χ4n) is 1.25. The van der Waals surface area contributed by atoms with Crippen molar-refractivity contribution in [2.45, 2.75) is 12.8 Å². The molecular weight excluding hydrogens is 142 g/mol. The minimum Gasteiger partial charge on any atom is -0.411 e. The van der Waals surface area contributed by atoms with E-state index in [-0.39, 0.29) is 0 Å². The molecule has 11 heavy (non-hydrogen) atoms. The molecule has 0 radical (unpaired) electrons. The van der Waals surface area contributed by atoms with Gasteiger partial charge in [-0.15, -0.1) is 0 Å². The normalized spacial score (nSPS) is 20.8. The van der Waals surface area contributed by atoms with Crippen LogP contribution < -0.4 is 0 Å². The lowest BCUT2D eigenvalue weighted by Gasteiger charge is -2.32. The smallest absolute Gasteiger partial charge is 0.0597 e. The van der Waals surface area contributed by atoms with Crippen LogP contribution >= 0.6 is 0 Å². The average molecular weight is 157 g/mol. The lowest BCUT2D eigenvalue weighted by molar-refractivity contribution is 0.0241. The van der Waals surface area contributed by atoms with Crippen LogP contribution in [0.5, 0.6) is 0 Å². The molecule has 64 valence electrons. The van der Waals surface area contributed by atoms with Crippen molar-refractivity contribution in [2.75, 3.05) is 27.2 Å². The topological polar surface area (TPSA) is 39.1 Å². The first-order valence-electron chi connectivity index (χ1n) is 3.86. The number of hydrogen-bond acceptors (Lipinski definition) is 4. The monoisotopic (exact) mass is 157 g/mol. The van der Waals surface area contributed by atoms with Crippen LogP contribution in [-0.4, -0.2) is 48.1 Å². The Bertz CT molecular complexity index is 146. The Morgan fingerprint density at radius 2 is 1.91 bits per heavy atom. The van der Waals surface area contributed by atoms with E-state index in [1.165, 1.54) is 0 Å². The maximum absolute atomic E-state index is 8.47. The summed E-state index contributed by atoms with van der Waals surface area (Å²) < 4.78 is 0. The van der Waals surface area contributed by atoms with Gasteiger partial charge in [-0.3, -0.25) is 0 Å². The minimum atomic E-state index is 0.884. The van der Waals surface area contributed by atoms with Crippen molar-refractivity contribution in [1.82, 2.24) is 10.0 Å². The van der Waals surface area contributed by atoms with Crippen LogP contribution in [-0.2, 0) is 0 Å². The van der Waals surface area contributed by atoms with Gasteiger partial charge in [0.2, 0.25) is 0 Å². The predicted octanol–water partition coefficient (Wildman–Crippen LogP) is 0.389. The van der Waals surface area contributed by atoms with Crippen LogP contribution in [0.25, 0.3) is 0 Å². The lowest BCUT2D eigenvalue weighted by Crippen LogP contribution is -2.42. The molecule has 0 aromatic carbocycles. The van der Waals surface area contributed by atoms with Crippen LogP contribution in [0.15, 0.2) is 5.16 Å². The molecule has 0 atom stereocenters. The van der Waals surface area contributed by atoms with Gasteiger partial charge < -0.3 is 5.21 Å². The molecule has 1 aliphatic rings. The number of rotatable bonds is 1. The summed E-state index contributed by atoms with van der Waals surface area (Å²) in [5, 5.41) is 16.0. The van der Waals surface area contributed by atoms with E-state index in [4.69, 9.17) is 5.21 Å². The van der Waals surface area contributed by atoms with Gasteiger partial charge in [-0.25, -0.2) is 10.0 Å². The molecule has 1 rings (SSSR count). The van der Waals surface area contributed by atoms with Crippen molar-refractivity contribution in [3.8, 4) is 0 Å². The summed E-state index contributed by atoms with van der Waals surface area (Å²) in [6, 6.07) is 0. The number of piperidine rings is 1. The van der Waals surface area contributed by atoms with Crippen molar-refractivity contribution >= 4 is 5.71 Å². The van der Waals surface area contributed by atoms with Crippen LogP contribution in [0.1, 0.15) is 12.8 Å². The first-order chi connectivity index (χ1) is 5.24. The number of nitrogens with zero attached hydrogens (tertiary/aromatic N) is 3. The first kappa shape index (κ1) is 8.49. The van der Waals surface area contributed by atoms with Crippen molar-refractivity contribution in [2.24, 2.45) is 5.16 Å². The van der Waals surface area contributed by atoms with Gasteiger partial charge in [-0.1, -0.05) is 5.16 Å². The first-order valence-corrected chi connectivity index (χ1v) is 3.86. The quantitative estimate of drug-likeness (QED) is 0.442. The molecule has 0 amide bonds. The van der Waals surface area contributed by atoms with E-state index in [0.717, 1.165) is 31.6 Å². The highest BCUT2D eigenvalue weighted by molar-refractivity contribution is 5.84. The lowest BCUT2D eigenvalue weighted by atomic mass is 10.1. The molecule has 0 unspecified atom stereocenters. The Balaban J connectivity index is 2.36. The van der Waals surface area contributed by atoms with E-state index in [9.17, 15) is 0 Å². The second-order valence-electron chi connectivity index (χ2n) is 2.97. The molecule has 1 saturated heterocycles. The maximum atomic E-state index is 8.47. The zero-order chi connectivity index (χ0) is 8.27. The highest BCUT2D eigenvalue weighted by atomic mass is 16.4. The summed E-state index contributed by atoms with van der Waals surface area (Å²) >= 11 is 0. The summed E-state index contributed by atoms with van der Waals surface area (Å²) in [5.74, 6) is 0. The summed E-state index contributed by atoms with van der Waals surface area (Å²) in [6.07, 6.45) is 1.77. The number of oxime groups is 1. The molecule has 4 heteroatoms. The maximum Gasteiger partial charge on any atom is 0.0597 e. The zero-order valence-corrected chi connectivity index (χ0v) is 7.12. The molecule has 4 nitrogen and oxygen atoms in total. The third-order valence-electron chi connectivity index (χ3n) is 2.02. The Hall–Kier alpha value is -0.610. The fraction of sp³-hybridized carbons (Fsp3) is 0.857. The Morgan fingerprint density at radius 3 is 2.27 bits per heavy atom. The molecule has 0 aliphatic carbocycles. The number of hydrazine groups is 1. The molecule has 0 saturated carbocycles. The summed E-state index contributed by atoms with van der Waals surface area (Å²) in [7, 11) is 4.06. The van der Waals surface area contributed by atoms with Gasteiger partial charge in [-0.2, -0.15) is 0 Å². The van der Waals surface area contributed by atoms with Crippen LogP contribution in [0.2, 0.25) is 0 Å². The van der Waals surface area contributed by atoms with Crippen molar-refractivity contribution in [1.29, 1.82) is 0 Å². The molecule has 1 aliphatic heterocycles. The molecule has 1 heterocycles. The number of hydrogen-bond donors (Lipinski definition) is 1. The minimum absolute atomic E-state index is 0.884. The van der Waals surface area contributed by atoms with Gasteiger partial charge in [0, 0.05) is 40.0 Å². The summed E-state index contributed by atoms with van der Waals surface area (Å²) in [4.78, 5) is 0. The van der Waals surface area contributed by atoms with Crippen molar-refractivity contribution < 1.29 is 5.21 Å². The van der Waals surface area contributed by atoms with E-state index < -0.39 is 0 Å². The van der Waals surface area contributed by atoms with E-state index in [1.54, 1.807) is 0 Å². The average Bonchev–Trinajstić information content (AvgIpc) is 2.05. The summed E-state index contributed by atoms with van der Waals surface area (Å²) in [6.45, 7) is 1.93.